The molecule has 0 radical (unpaired) electrons. The molecule has 3 aromatic heterocycles. The van der Waals surface area contributed by atoms with Crippen LogP contribution in [-0.2, 0) is 29.0 Å². The zero-order chi connectivity index (χ0) is 40.1. The average Bonchev–Trinajstić information content (AvgIpc) is 3.82. The monoisotopic (exact) mass is 782 g/mol. The summed E-state index contributed by atoms with van der Waals surface area (Å²) in [6.45, 7) is 8.25. The smallest absolute Gasteiger partial charge is 0.278 e. The van der Waals surface area contributed by atoms with Crippen LogP contribution in [0.1, 0.15) is 69.3 Å². The molecular formula is C42H42N10O6. The van der Waals surface area contributed by atoms with Crippen LogP contribution in [0.15, 0.2) is 78.2 Å². The number of fused-ring (bicyclic) bond motifs is 3. The molecule has 0 saturated carbocycles. The third-order valence-corrected chi connectivity index (χ3v) is 11.5. The number of hydrogen-bond acceptors (Lipinski definition) is 12. The average molecular weight is 783 g/mol. The molecule has 16 nitrogen and oxygen atoms in total. The lowest BCUT2D eigenvalue weighted by Gasteiger charge is -2.36. The number of hydrogen-bond donors (Lipinski definition) is 3. The first kappa shape index (κ1) is 37.1. The Balaban J connectivity index is 0.793. The molecule has 2 saturated heterocycles. The van der Waals surface area contributed by atoms with Gasteiger partial charge in [0.15, 0.2) is 11.5 Å². The summed E-state index contributed by atoms with van der Waals surface area (Å²) >= 11 is 0. The Hall–Kier alpha value is -6.52. The first-order chi connectivity index (χ1) is 28.2. The molecule has 3 N–H and O–H groups in total. The van der Waals surface area contributed by atoms with Crippen molar-refractivity contribution in [3.63, 3.8) is 0 Å². The van der Waals surface area contributed by atoms with Gasteiger partial charge in [0.25, 0.3) is 17.4 Å². The van der Waals surface area contributed by atoms with Crippen LogP contribution in [0.4, 0.5) is 17.3 Å². The van der Waals surface area contributed by atoms with Gasteiger partial charge in [0.05, 0.1) is 29.5 Å². The van der Waals surface area contributed by atoms with Crippen molar-refractivity contribution in [1.29, 1.82) is 0 Å². The molecule has 2 aromatic carbocycles. The summed E-state index contributed by atoms with van der Waals surface area (Å²) < 4.78 is 3.18. The molecule has 0 bridgehead atoms. The summed E-state index contributed by atoms with van der Waals surface area (Å²) in [7, 11) is 0. The van der Waals surface area contributed by atoms with E-state index in [1.165, 1.54) is 16.4 Å². The van der Waals surface area contributed by atoms with Crippen molar-refractivity contribution >= 4 is 52.0 Å². The number of imide groups is 2. The number of aryl methyl sites for hydroxylation is 2. The molecule has 16 heteroatoms. The first-order valence-electron chi connectivity index (χ1n) is 19.6. The summed E-state index contributed by atoms with van der Waals surface area (Å²) in [5, 5.41) is 16.3. The third kappa shape index (κ3) is 6.73. The molecule has 2 unspecified atom stereocenters. The van der Waals surface area contributed by atoms with E-state index in [0.717, 1.165) is 73.8 Å². The Bertz CT molecular complexity index is 2560. The number of pyridine rings is 1. The van der Waals surface area contributed by atoms with E-state index < -0.39 is 35.8 Å². The van der Waals surface area contributed by atoms with E-state index in [0.29, 0.717) is 40.5 Å². The molecule has 58 heavy (non-hydrogen) atoms. The molecule has 2 fully saturated rings. The SMILES string of the molecule is C=CCn1c(=O)c2cnc(Nc3ccc(CCCN4CCN(c5ccc6c(c5)C(=O)N(C5CCC(=O)NC5=O)C6=O)CC4)cc3)nc2n1-c1ccc2c(n1)C(O)CC2. The lowest BCUT2D eigenvalue weighted by Crippen LogP contribution is -2.54. The maximum Gasteiger partial charge on any atom is 0.278 e. The van der Waals surface area contributed by atoms with E-state index in [-0.39, 0.29) is 30.5 Å². The Morgan fingerprint density at radius 2 is 1.69 bits per heavy atom. The number of piperidine rings is 1. The molecule has 4 amide bonds. The first-order valence-corrected chi connectivity index (χ1v) is 19.6. The number of piperazine rings is 1. The summed E-state index contributed by atoms with van der Waals surface area (Å²) in [6, 6.07) is 16.2. The van der Waals surface area contributed by atoms with Crippen LogP contribution < -0.4 is 21.1 Å². The van der Waals surface area contributed by atoms with E-state index in [4.69, 9.17) is 9.97 Å². The van der Waals surface area contributed by atoms with E-state index in [9.17, 15) is 29.1 Å². The van der Waals surface area contributed by atoms with Crippen molar-refractivity contribution in [3.05, 3.63) is 112 Å². The van der Waals surface area contributed by atoms with Gasteiger partial charge in [0.2, 0.25) is 17.8 Å². The molecule has 2 atom stereocenters. The molecule has 9 rings (SSSR count). The number of anilines is 3. The normalized spacial score (nSPS) is 19.5. The Morgan fingerprint density at radius 3 is 2.47 bits per heavy atom. The number of carbonyl (C=O) groups excluding carboxylic acids is 4. The molecule has 5 aromatic rings. The highest BCUT2D eigenvalue weighted by Gasteiger charge is 2.45. The van der Waals surface area contributed by atoms with E-state index in [1.54, 1.807) is 22.9 Å². The largest absolute Gasteiger partial charge is 0.387 e. The highest BCUT2D eigenvalue weighted by molar-refractivity contribution is 6.23. The fourth-order valence-corrected chi connectivity index (χ4v) is 8.42. The lowest BCUT2D eigenvalue weighted by atomic mass is 10.0. The Labute approximate surface area is 332 Å². The van der Waals surface area contributed by atoms with Crippen LogP contribution in [0, 0.1) is 0 Å². The van der Waals surface area contributed by atoms with Gasteiger partial charge in [-0.25, -0.2) is 19.3 Å². The summed E-state index contributed by atoms with van der Waals surface area (Å²) in [6.07, 6.45) is 6.00. The van der Waals surface area contributed by atoms with Gasteiger partial charge in [-0.2, -0.15) is 4.98 Å². The Kier molecular flexibility index (Phi) is 9.65. The van der Waals surface area contributed by atoms with Crippen molar-refractivity contribution < 1.29 is 24.3 Å². The number of aliphatic hydroxyl groups is 1. The fourth-order valence-electron chi connectivity index (χ4n) is 8.42. The number of carbonyl (C=O) groups is 4. The molecular weight excluding hydrogens is 741 g/mol. The number of amides is 4. The lowest BCUT2D eigenvalue weighted by molar-refractivity contribution is -0.136. The topological polar surface area (TPSA) is 188 Å². The molecule has 3 aliphatic heterocycles. The predicted octanol–water partition coefficient (Wildman–Crippen LogP) is 3.04. The number of nitrogens with zero attached hydrogens (tertiary/aromatic N) is 8. The van der Waals surface area contributed by atoms with Crippen LogP contribution in [0.2, 0.25) is 0 Å². The molecule has 1 aliphatic carbocycles. The van der Waals surface area contributed by atoms with Gasteiger partial charge in [-0.15, -0.1) is 6.58 Å². The van der Waals surface area contributed by atoms with Crippen molar-refractivity contribution in [1.82, 2.24) is 39.4 Å². The zero-order valence-electron chi connectivity index (χ0n) is 31.8. The van der Waals surface area contributed by atoms with Gasteiger partial charge in [-0.3, -0.25) is 39.1 Å². The number of benzene rings is 2. The quantitative estimate of drug-likeness (QED) is 0.132. The number of nitrogens with one attached hydrogen (secondary N) is 2. The minimum atomic E-state index is -0.982. The molecule has 0 spiro atoms. The van der Waals surface area contributed by atoms with E-state index in [2.05, 4.69) is 44.1 Å². The predicted molar refractivity (Wildman–Crippen MR) is 214 cm³/mol. The van der Waals surface area contributed by atoms with Crippen molar-refractivity contribution in [2.24, 2.45) is 0 Å². The van der Waals surface area contributed by atoms with Crippen LogP contribution >= 0.6 is 0 Å². The van der Waals surface area contributed by atoms with Crippen LogP contribution in [0.3, 0.4) is 0 Å². The maximum atomic E-state index is 13.4. The van der Waals surface area contributed by atoms with Gasteiger partial charge in [-0.1, -0.05) is 24.3 Å². The molecule has 4 aliphatic rings. The van der Waals surface area contributed by atoms with Crippen LogP contribution in [-0.4, -0.2) is 102 Å². The van der Waals surface area contributed by atoms with Crippen LogP contribution in [0.25, 0.3) is 16.9 Å². The fraction of sp³-hybridized carbons (Fsp3) is 0.333. The minimum absolute atomic E-state index is 0.0839. The highest BCUT2D eigenvalue weighted by Crippen LogP contribution is 2.32. The summed E-state index contributed by atoms with van der Waals surface area (Å²) in [5.41, 5.74) is 5.21. The van der Waals surface area contributed by atoms with Gasteiger partial charge in [-0.05, 0) is 86.2 Å². The van der Waals surface area contributed by atoms with Crippen molar-refractivity contribution in [2.45, 2.75) is 57.2 Å². The second-order valence-corrected chi connectivity index (χ2v) is 15.1. The van der Waals surface area contributed by atoms with Crippen LogP contribution in [0.5, 0.6) is 0 Å². The molecule has 6 heterocycles. The molecule has 296 valence electrons. The van der Waals surface area contributed by atoms with Gasteiger partial charge in [0.1, 0.15) is 11.4 Å². The number of aromatic nitrogens is 5. The zero-order valence-corrected chi connectivity index (χ0v) is 31.8. The second-order valence-electron chi connectivity index (χ2n) is 15.1. The van der Waals surface area contributed by atoms with Gasteiger partial charge < -0.3 is 15.3 Å². The van der Waals surface area contributed by atoms with E-state index in [1.807, 2.05) is 30.3 Å². The van der Waals surface area contributed by atoms with E-state index >= 15 is 0 Å². The summed E-state index contributed by atoms with van der Waals surface area (Å²) in [5.74, 6) is -1.19. The summed E-state index contributed by atoms with van der Waals surface area (Å²) in [4.78, 5) is 83.3. The number of aliphatic hydroxyl groups excluding tert-OH is 1. The third-order valence-electron chi connectivity index (χ3n) is 11.5. The van der Waals surface area contributed by atoms with Crippen molar-refractivity contribution in [2.75, 3.05) is 42.9 Å². The van der Waals surface area contributed by atoms with Gasteiger partial charge in [0, 0.05) is 50.2 Å². The Morgan fingerprint density at radius 1 is 0.897 bits per heavy atom. The second kappa shape index (κ2) is 15.1. The van der Waals surface area contributed by atoms with Gasteiger partial charge >= 0.3 is 0 Å². The minimum Gasteiger partial charge on any atom is -0.387 e. The standard InChI is InChI=1S/C42H42N10O6/c1-2-17-50-39(56)31-24-43-42(47-37(31)52(50)34-15-8-26-7-14-33(53)36(26)45-34)44-27-9-5-25(6-10-27)4-3-18-48-19-21-49(22-20-48)28-11-12-29-30(23-28)41(58)51(40(29)57)32-13-16-35(54)46-38(32)55/h2,5-6,8-12,15,23-24,32-33,53H,1,3-4,7,13-14,16-22H2,(H,43,44,47)(H,46,54,55). The van der Waals surface area contributed by atoms with Crippen molar-refractivity contribution in [3.8, 4) is 5.82 Å². The number of rotatable bonds is 11. The maximum absolute atomic E-state index is 13.4. The highest BCUT2D eigenvalue weighted by atomic mass is 16.3. The number of allylic oxidation sites excluding steroid dienone is 1.